The Bertz CT molecular complexity index is 918. The van der Waals surface area contributed by atoms with Crippen LogP contribution in [0.25, 0.3) is 0 Å². The number of hydrogen-bond acceptors (Lipinski definition) is 4. The van der Waals surface area contributed by atoms with Crippen LogP contribution in [0, 0.1) is 13.8 Å². The standard InChI is InChI=1S/C22H30N6S.HI/c1-16-7-9-19(10-8-16)17(2)14-24-22(23-12-11-20-6-5-13-29-20)25-15-21-27-26-18(3)28(21)4;/h5-10,13,17H,11-12,14-15H2,1-4H3,(H2,23,24,25);1H. The molecule has 0 aliphatic heterocycles. The fraction of sp³-hybridized carbons (Fsp3) is 0.409. The summed E-state index contributed by atoms with van der Waals surface area (Å²) < 4.78 is 1.97. The predicted octanol–water partition coefficient (Wildman–Crippen LogP) is 4.19. The molecular formula is C22H31IN6S. The summed E-state index contributed by atoms with van der Waals surface area (Å²) in [7, 11) is 1.97. The molecule has 0 aliphatic carbocycles. The van der Waals surface area contributed by atoms with Gasteiger partial charge < -0.3 is 15.2 Å². The van der Waals surface area contributed by atoms with Crippen molar-refractivity contribution in [3.05, 3.63) is 69.4 Å². The lowest BCUT2D eigenvalue weighted by atomic mass is 10.0. The molecule has 0 fully saturated rings. The Labute approximate surface area is 200 Å². The second kappa shape index (κ2) is 12.0. The number of nitrogens with one attached hydrogen (secondary N) is 2. The molecule has 0 saturated carbocycles. The molecule has 0 radical (unpaired) electrons. The zero-order valence-electron chi connectivity index (χ0n) is 18.1. The highest BCUT2D eigenvalue weighted by molar-refractivity contribution is 14.0. The van der Waals surface area contributed by atoms with Crippen LogP contribution < -0.4 is 10.6 Å². The van der Waals surface area contributed by atoms with Crippen molar-refractivity contribution >= 4 is 41.3 Å². The molecule has 0 aliphatic rings. The van der Waals surface area contributed by atoms with Crippen molar-refractivity contribution in [1.82, 2.24) is 25.4 Å². The van der Waals surface area contributed by atoms with Gasteiger partial charge in [0.25, 0.3) is 0 Å². The number of nitrogens with zero attached hydrogens (tertiary/aromatic N) is 4. The van der Waals surface area contributed by atoms with Crippen LogP contribution in [0.15, 0.2) is 46.8 Å². The largest absolute Gasteiger partial charge is 0.356 e. The normalized spacial score (nSPS) is 12.3. The lowest BCUT2D eigenvalue weighted by Gasteiger charge is -2.17. The number of benzene rings is 1. The Morgan fingerprint density at radius 1 is 1.13 bits per heavy atom. The quantitative estimate of drug-likeness (QED) is 0.257. The molecule has 1 unspecified atom stereocenters. The van der Waals surface area contributed by atoms with E-state index in [1.807, 2.05) is 18.5 Å². The van der Waals surface area contributed by atoms with Crippen molar-refractivity contribution in [1.29, 1.82) is 0 Å². The second-order valence-corrected chi connectivity index (χ2v) is 8.37. The van der Waals surface area contributed by atoms with Crippen LogP contribution in [-0.4, -0.2) is 33.8 Å². The summed E-state index contributed by atoms with van der Waals surface area (Å²) in [4.78, 5) is 6.11. The zero-order valence-corrected chi connectivity index (χ0v) is 21.2. The maximum Gasteiger partial charge on any atom is 0.191 e. The third kappa shape index (κ3) is 7.09. The van der Waals surface area contributed by atoms with E-state index in [4.69, 9.17) is 4.99 Å². The third-order valence-electron chi connectivity index (χ3n) is 5.03. The van der Waals surface area contributed by atoms with Crippen LogP contribution in [0.2, 0.25) is 0 Å². The maximum absolute atomic E-state index is 4.74. The van der Waals surface area contributed by atoms with Crippen LogP contribution in [0.1, 0.15) is 40.5 Å². The Balaban J connectivity index is 0.00000320. The Hall–Kier alpha value is -1.94. The van der Waals surface area contributed by atoms with Gasteiger partial charge in [-0.25, -0.2) is 4.99 Å². The highest BCUT2D eigenvalue weighted by Crippen LogP contribution is 2.14. The molecule has 162 valence electrons. The van der Waals surface area contributed by atoms with Crippen LogP contribution >= 0.6 is 35.3 Å². The number of aromatic nitrogens is 3. The van der Waals surface area contributed by atoms with Crippen molar-refractivity contribution in [3.8, 4) is 0 Å². The van der Waals surface area contributed by atoms with E-state index in [-0.39, 0.29) is 24.0 Å². The zero-order chi connectivity index (χ0) is 20.6. The highest BCUT2D eigenvalue weighted by Gasteiger charge is 2.09. The first-order chi connectivity index (χ1) is 14.0. The molecule has 0 saturated heterocycles. The minimum atomic E-state index is 0. The number of thiophene rings is 1. The lowest BCUT2D eigenvalue weighted by Crippen LogP contribution is -2.40. The van der Waals surface area contributed by atoms with E-state index >= 15 is 0 Å². The minimum Gasteiger partial charge on any atom is -0.356 e. The Morgan fingerprint density at radius 2 is 1.90 bits per heavy atom. The molecule has 2 N–H and O–H groups in total. The molecule has 3 rings (SSSR count). The molecule has 1 aromatic carbocycles. The average molecular weight is 539 g/mol. The molecule has 3 aromatic rings. The molecule has 2 aromatic heterocycles. The SMILES string of the molecule is Cc1ccc(C(C)CNC(=NCc2nnc(C)n2C)NCCc2cccs2)cc1.I. The topological polar surface area (TPSA) is 67.1 Å². The van der Waals surface area contributed by atoms with Crippen LogP contribution in [0.5, 0.6) is 0 Å². The Kier molecular flexibility index (Phi) is 9.77. The molecule has 1 atom stereocenters. The summed E-state index contributed by atoms with van der Waals surface area (Å²) in [6.45, 7) is 8.43. The first-order valence-electron chi connectivity index (χ1n) is 9.99. The van der Waals surface area contributed by atoms with Crippen molar-refractivity contribution in [2.24, 2.45) is 12.0 Å². The lowest BCUT2D eigenvalue weighted by molar-refractivity contribution is 0.690. The number of rotatable bonds is 8. The third-order valence-corrected chi connectivity index (χ3v) is 5.96. The van der Waals surface area contributed by atoms with E-state index in [9.17, 15) is 0 Å². The summed E-state index contributed by atoms with van der Waals surface area (Å²) in [5, 5.41) is 17.4. The van der Waals surface area contributed by atoms with E-state index in [0.29, 0.717) is 12.5 Å². The number of guanidine groups is 1. The molecule has 30 heavy (non-hydrogen) atoms. The molecule has 0 amide bonds. The van der Waals surface area contributed by atoms with Gasteiger partial charge in [-0.1, -0.05) is 42.8 Å². The second-order valence-electron chi connectivity index (χ2n) is 7.34. The van der Waals surface area contributed by atoms with Gasteiger partial charge in [0.05, 0.1) is 0 Å². The average Bonchev–Trinajstić information content (AvgIpc) is 3.35. The van der Waals surface area contributed by atoms with Crippen molar-refractivity contribution in [3.63, 3.8) is 0 Å². The Morgan fingerprint density at radius 3 is 2.53 bits per heavy atom. The molecule has 8 heteroatoms. The summed E-state index contributed by atoms with van der Waals surface area (Å²) >= 11 is 1.78. The fourth-order valence-corrected chi connectivity index (χ4v) is 3.64. The van der Waals surface area contributed by atoms with Crippen molar-refractivity contribution < 1.29 is 0 Å². The number of halogens is 1. The molecule has 2 heterocycles. The van der Waals surface area contributed by atoms with Crippen molar-refractivity contribution in [2.75, 3.05) is 13.1 Å². The molecular weight excluding hydrogens is 507 g/mol. The van der Waals surface area contributed by atoms with Crippen LogP contribution in [-0.2, 0) is 20.0 Å². The van der Waals surface area contributed by atoms with Gasteiger partial charge in [0, 0.05) is 25.0 Å². The van der Waals surface area contributed by atoms with Gasteiger partial charge in [-0.2, -0.15) is 0 Å². The van der Waals surface area contributed by atoms with E-state index < -0.39 is 0 Å². The van der Waals surface area contributed by atoms with Gasteiger partial charge in [0.15, 0.2) is 11.8 Å². The molecule has 0 spiro atoms. The summed E-state index contributed by atoms with van der Waals surface area (Å²) in [5.41, 5.74) is 2.61. The first kappa shape index (κ1) is 24.3. The molecule has 6 nitrogen and oxygen atoms in total. The fourth-order valence-electron chi connectivity index (χ4n) is 2.93. The van der Waals surface area contributed by atoms with Gasteiger partial charge in [-0.3, -0.25) is 0 Å². The number of hydrogen-bond donors (Lipinski definition) is 2. The molecule has 0 bridgehead atoms. The van der Waals surface area contributed by atoms with Gasteiger partial charge in [0.1, 0.15) is 12.4 Å². The maximum atomic E-state index is 4.74. The summed E-state index contributed by atoms with van der Waals surface area (Å²) in [6, 6.07) is 13.0. The number of aryl methyl sites for hydroxylation is 2. The highest BCUT2D eigenvalue weighted by atomic mass is 127. The van der Waals surface area contributed by atoms with Gasteiger partial charge in [0.2, 0.25) is 0 Å². The predicted molar refractivity (Wildman–Crippen MR) is 136 cm³/mol. The van der Waals surface area contributed by atoms with E-state index in [1.54, 1.807) is 11.3 Å². The number of aliphatic imine (C=N–C) groups is 1. The first-order valence-corrected chi connectivity index (χ1v) is 10.9. The van der Waals surface area contributed by atoms with Gasteiger partial charge >= 0.3 is 0 Å². The van der Waals surface area contributed by atoms with Crippen LogP contribution in [0.3, 0.4) is 0 Å². The van der Waals surface area contributed by atoms with E-state index in [1.165, 1.54) is 16.0 Å². The van der Waals surface area contributed by atoms with Crippen molar-refractivity contribution in [2.45, 2.75) is 39.7 Å². The van der Waals surface area contributed by atoms with Gasteiger partial charge in [-0.15, -0.1) is 45.5 Å². The monoisotopic (exact) mass is 538 g/mol. The van der Waals surface area contributed by atoms with Crippen LogP contribution in [0.4, 0.5) is 0 Å². The van der Waals surface area contributed by atoms with E-state index in [0.717, 1.165) is 37.1 Å². The van der Waals surface area contributed by atoms with Gasteiger partial charge in [-0.05, 0) is 43.2 Å². The smallest absolute Gasteiger partial charge is 0.191 e. The summed E-state index contributed by atoms with van der Waals surface area (Å²) in [5.74, 6) is 2.94. The summed E-state index contributed by atoms with van der Waals surface area (Å²) in [6.07, 6.45) is 0.981. The minimum absolute atomic E-state index is 0. The van der Waals surface area contributed by atoms with E-state index in [2.05, 4.69) is 76.5 Å².